The monoisotopic (exact) mass is 448 g/mol. The molecule has 0 radical (unpaired) electrons. The molecule has 5 rings (SSSR count). The van der Waals surface area contributed by atoms with Gasteiger partial charge >= 0.3 is 0 Å². The lowest BCUT2D eigenvalue weighted by Crippen LogP contribution is -2.33. The highest BCUT2D eigenvalue weighted by Gasteiger charge is 2.23. The third-order valence-electron chi connectivity index (χ3n) is 6.50. The van der Waals surface area contributed by atoms with Crippen LogP contribution in [-0.2, 0) is 6.61 Å². The molecule has 1 aliphatic rings. The van der Waals surface area contributed by atoms with E-state index in [1.807, 2.05) is 6.07 Å². The van der Waals surface area contributed by atoms with Gasteiger partial charge in [0.1, 0.15) is 12.4 Å². The summed E-state index contributed by atoms with van der Waals surface area (Å²) in [5.41, 5.74) is 6.28. The van der Waals surface area contributed by atoms with Crippen LogP contribution < -0.4 is 10.1 Å². The molecule has 0 spiro atoms. The summed E-state index contributed by atoms with van der Waals surface area (Å²) in [5.74, 6) is 0.917. The highest BCUT2D eigenvalue weighted by Crippen LogP contribution is 2.33. The Kier molecular flexibility index (Phi) is 7.34. The van der Waals surface area contributed by atoms with Crippen LogP contribution in [0.4, 0.5) is 0 Å². The van der Waals surface area contributed by atoms with Gasteiger partial charge in [0.05, 0.1) is 6.04 Å². The number of nitrogens with zero attached hydrogens (tertiary/aromatic N) is 1. The highest BCUT2D eigenvalue weighted by atomic mass is 16.5. The van der Waals surface area contributed by atoms with Gasteiger partial charge in [-0.2, -0.15) is 0 Å². The molecule has 4 aromatic carbocycles. The van der Waals surface area contributed by atoms with Crippen LogP contribution in [-0.4, -0.2) is 31.1 Å². The van der Waals surface area contributed by atoms with Gasteiger partial charge in [-0.05, 0) is 52.9 Å². The van der Waals surface area contributed by atoms with E-state index in [1.54, 1.807) is 0 Å². The smallest absolute Gasteiger partial charge is 0.120 e. The molecule has 1 heterocycles. The second-order valence-electron chi connectivity index (χ2n) is 8.88. The van der Waals surface area contributed by atoms with E-state index in [2.05, 4.69) is 113 Å². The third-order valence-corrected chi connectivity index (χ3v) is 6.50. The Labute approximate surface area is 203 Å². The number of nitrogens with one attached hydrogen (secondary N) is 1. The molecule has 34 heavy (non-hydrogen) atoms. The van der Waals surface area contributed by atoms with Gasteiger partial charge < -0.3 is 10.1 Å². The van der Waals surface area contributed by atoms with E-state index in [1.165, 1.54) is 27.8 Å². The number of hydrogen-bond donors (Lipinski definition) is 1. The molecular weight excluding hydrogens is 416 g/mol. The van der Waals surface area contributed by atoms with Gasteiger partial charge in [0, 0.05) is 19.6 Å². The van der Waals surface area contributed by atoms with Gasteiger partial charge in [0.2, 0.25) is 0 Å². The van der Waals surface area contributed by atoms with Gasteiger partial charge in [-0.1, -0.05) is 97.1 Å². The Bertz CT molecular complexity index is 1150. The Balaban J connectivity index is 1.43. The van der Waals surface area contributed by atoms with Crippen molar-refractivity contribution in [3.05, 3.63) is 126 Å². The highest BCUT2D eigenvalue weighted by molar-refractivity contribution is 5.63. The molecule has 172 valence electrons. The summed E-state index contributed by atoms with van der Waals surface area (Å²) >= 11 is 0. The molecule has 0 saturated carbocycles. The van der Waals surface area contributed by atoms with E-state index in [0.29, 0.717) is 6.61 Å². The molecule has 1 fully saturated rings. The average Bonchev–Trinajstić information content (AvgIpc) is 3.19. The summed E-state index contributed by atoms with van der Waals surface area (Å²) < 4.78 is 6.18. The maximum absolute atomic E-state index is 6.18. The minimum atomic E-state index is 0.199. The minimum absolute atomic E-state index is 0.199. The van der Waals surface area contributed by atoms with Crippen LogP contribution in [0.5, 0.6) is 5.75 Å². The first kappa shape index (κ1) is 22.4. The molecule has 1 N–H and O–H groups in total. The van der Waals surface area contributed by atoms with E-state index in [9.17, 15) is 0 Å². The van der Waals surface area contributed by atoms with Crippen molar-refractivity contribution in [1.29, 1.82) is 0 Å². The molecule has 0 bridgehead atoms. The van der Waals surface area contributed by atoms with Crippen molar-refractivity contribution in [2.24, 2.45) is 0 Å². The molecule has 1 atom stereocenters. The Morgan fingerprint density at radius 1 is 0.676 bits per heavy atom. The first-order valence-corrected chi connectivity index (χ1v) is 12.2. The number of hydrogen-bond acceptors (Lipinski definition) is 3. The van der Waals surface area contributed by atoms with E-state index in [-0.39, 0.29) is 6.04 Å². The number of benzene rings is 4. The van der Waals surface area contributed by atoms with Crippen LogP contribution in [0.2, 0.25) is 0 Å². The van der Waals surface area contributed by atoms with Gasteiger partial charge in [0.25, 0.3) is 0 Å². The van der Waals surface area contributed by atoms with Crippen LogP contribution in [0.1, 0.15) is 29.2 Å². The summed E-state index contributed by atoms with van der Waals surface area (Å²) in [5, 5.41) is 3.55. The molecule has 0 aliphatic carbocycles. The molecule has 0 aromatic heterocycles. The van der Waals surface area contributed by atoms with Crippen molar-refractivity contribution >= 4 is 0 Å². The number of rotatable bonds is 7. The normalized spacial score (nSPS) is 15.4. The van der Waals surface area contributed by atoms with Gasteiger partial charge in [-0.15, -0.1) is 0 Å². The molecule has 0 amide bonds. The summed E-state index contributed by atoms with van der Waals surface area (Å²) in [6, 6.07) is 38.9. The predicted molar refractivity (Wildman–Crippen MR) is 140 cm³/mol. The van der Waals surface area contributed by atoms with E-state index in [0.717, 1.165) is 38.3 Å². The summed E-state index contributed by atoms with van der Waals surface area (Å²) in [6.07, 6.45) is 1.16. The predicted octanol–water partition coefficient (Wildman–Crippen LogP) is 6.32. The SMILES string of the molecule is c1ccc(COc2cccc(C(c3ccc(-c4ccccc4)cc3)N3CCCNCC3)c2)cc1. The Hall–Kier alpha value is -3.40. The topological polar surface area (TPSA) is 24.5 Å². The number of ether oxygens (including phenoxy) is 1. The van der Waals surface area contributed by atoms with Gasteiger partial charge in [-0.25, -0.2) is 0 Å². The van der Waals surface area contributed by atoms with Gasteiger partial charge in [0.15, 0.2) is 0 Å². The lowest BCUT2D eigenvalue weighted by Gasteiger charge is -2.31. The van der Waals surface area contributed by atoms with Crippen molar-refractivity contribution < 1.29 is 4.74 Å². The first-order chi connectivity index (χ1) is 16.9. The van der Waals surface area contributed by atoms with Crippen LogP contribution in [0.3, 0.4) is 0 Å². The fourth-order valence-electron chi connectivity index (χ4n) is 4.74. The summed E-state index contributed by atoms with van der Waals surface area (Å²) in [7, 11) is 0. The van der Waals surface area contributed by atoms with Crippen LogP contribution in [0.15, 0.2) is 109 Å². The molecule has 3 nitrogen and oxygen atoms in total. The largest absolute Gasteiger partial charge is 0.489 e. The van der Waals surface area contributed by atoms with Crippen molar-refractivity contribution in [2.45, 2.75) is 19.1 Å². The van der Waals surface area contributed by atoms with E-state index >= 15 is 0 Å². The molecule has 1 saturated heterocycles. The van der Waals surface area contributed by atoms with Crippen molar-refractivity contribution in [2.75, 3.05) is 26.2 Å². The van der Waals surface area contributed by atoms with E-state index in [4.69, 9.17) is 4.74 Å². The van der Waals surface area contributed by atoms with Crippen molar-refractivity contribution in [1.82, 2.24) is 10.2 Å². The van der Waals surface area contributed by atoms with Gasteiger partial charge in [-0.3, -0.25) is 4.90 Å². The van der Waals surface area contributed by atoms with Crippen LogP contribution >= 0.6 is 0 Å². The molecule has 3 heteroatoms. The fourth-order valence-corrected chi connectivity index (χ4v) is 4.74. The average molecular weight is 449 g/mol. The van der Waals surface area contributed by atoms with Crippen LogP contribution in [0.25, 0.3) is 11.1 Å². The zero-order valence-electron chi connectivity index (χ0n) is 19.6. The maximum Gasteiger partial charge on any atom is 0.120 e. The molecule has 1 aliphatic heterocycles. The minimum Gasteiger partial charge on any atom is -0.489 e. The van der Waals surface area contributed by atoms with Crippen molar-refractivity contribution in [3.63, 3.8) is 0 Å². The molecule has 1 unspecified atom stereocenters. The first-order valence-electron chi connectivity index (χ1n) is 12.2. The quantitative estimate of drug-likeness (QED) is 0.358. The zero-order chi connectivity index (χ0) is 23.0. The summed E-state index contributed by atoms with van der Waals surface area (Å²) in [4.78, 5) is 2.60. The second kappa shape index (κ2) is 11.1. The Morgan fingerprint density at radius 3 is 2.21 bits per heavy atom. The van der Waals surface area contributed by atoms with E-state index < -0.39 is 0 Å². The Morgan fingerprint density at radius 2 is 1.41 bits per heavy atom. The lowest BCUT2D eigenvalue weighted by molar-refractivity contribution is 0.240. The second-order valence-corrected chi connectivity index (χ2v) is 8.88. The zero-order valence-corrected chi connectivity index (χ0v) is 19.6. The molecule has 4 aromatic rings. The lowest BCUT2D eigenvalue weighted by atomic mass is 9.94. The van der Waals surface area contributed by atoms with Crippen LogP contribution in [0, 0.1) is 0 Å². The maximum atomic E-state index is 6.18. The molecular formula is C31H32N2O. The third kappa shape index (κ3) is 5.56. The standard InChI is InChI=1S/C31H32N2O/c1-3-9-25(10-4-1)24-34-30-14-7-13-29(23-30)31(33-21-8-19-32-20-22-33)28-17-15-27(16-18-28)26-11-5-2-6-12-26/h1-7,9-18,23,31-32H,8,19-22,24H2. The summed E-state index contributed by atoms with van der Waals surface area (Å²) in [6.45, 7) is 4.78. The van der Waals surface area contributed by atoms with Crippen molar-refractivity contribution in [3.8, 4) is 16.9 Å². The fraction of sp³-hybridized carbons (Fsp3) is 0.226.